The fourth-order valence-corrected chi connectivity index (χ4v) is 6.37. The third-order valence-corrected chi connectivity index (χ3v) is 7.08. The standard InChI is InChI=1S/C20H27NOS/c1-14-2-4-18(5-3-14)23-7-6-19(22)21-20-11-15-8-16(12-20)10-17(9-15)13-20/h2-5,15-17H,6-13H2,1H3,(H,21,22). The first-order valence-electron chi connectivity index (χ1n) is 9.11. The zero-order chi connectivity index (χ0) is 15.9. The average Bonchev–Trinajstić information content (AvgIpc) is 2.47. The average molecular weight is 330 g/mol. The number of thioether (sulfide) groups is 1. The van der Waals surface area contributed by atoms with Crippen molar-refractivity contribution in [3.05, 3.63) is 29.8 Å². The van der Waals surface area contributed by atoms with Gasteiger partial charge in [0, 0.05) is 22.6 Å². The van der Waals surface area contributed by atoms with Crippen LogP contribution in [0.4, 0.5) is 0 Å². The number of rotatable bonds is 5. The van der Waals surface area contributed by atoms with E-state index >= 15 is 0 Å². The summed E-state index contributed by atoms with van der Waals surface area (Å²) in [5.74, 6) is 3.82. The molecule has 0 atom stereocenters. The fraction of sp³-hybridized carbons (Fsp3) is 0.650. The van der Waals surface area contributed by atoms with Crippen LogP contribution in [0.3, 0.4) is 0 Å². The van der Waals surface area contributed by atoms with Crippen LogP contribution in [0.1, 0.15) is 50.5 Å². The van der Waals surface area contributed by atoms with E-state index in [0.717, 1.165) is 23.5 Å². The SMILES string of the molecule is Cc1ccc(SCCC(=O)NC23CC4CC(CC(C4)C2)C3)cc1. The number of aryl methyl sites for hydroxylation is 1. The largest absolute Gasteiger partial charge is 0.351 e. The predicted octanol–water partition coefficient (Wildman–Crippen LogP) is 4.56. The van der Waals surface area contributed by atoms with Crippen molar-refractivity contribution in [3.63, 3.8) is 0 Å². The molecule has 1 aromatic rings. The molecule has 0 radical (unpaired) electrons. The number of carbonyl (C=O) groups excluding carboxylic acids is 1. The minimum Gasteiger partial charge on any atom is -0.351 e. The minimum absolute atomic E-state index is 0.167. The van der Waals surface area contributed by atoms with Gasteiger partial charge in [0.15, 0.2) is 0 Å². The highest BCUT2D eigenvalue weighted by atomic mass is 32.2. The normalized spacial score (nSPS) is 34.6. The number of benzene rings is 1. The number of hydrogen-bond donors (Lipinski definition) is 1. The van der Waals surface area contributed by atoms with Crippen LogP contribution >= 0.6 is 11.8 Å². The zero-order valence-electron chi connectivity index (χ0n) is 14.0. The highest BCUT2D eigenvalue weighted by Gasteiger charge is 2.51. The number of amides is 1. The van der Waals surface area contributed by atoms with E-state index < -0.39 is 0 Å². The molecule has 0 aliphatic heterocycles. The Labute approximate surface area is 143 Å². The summed E-state index contributed by atoms with van der Waals surface area (Å²) in [5.41, 5.74) is 1.45. The van der Waals surface area contributed by atoms with Gasteiger partial charge in [0.05, 0.1) is 0 Å². The van der Waals surface area contributed by atoms with Gasteiger partial charge in [0.25, 0.3) is 0 Å². The molecule has 4 fully saturated rings. The molecule has 4 saturated carbocycles. The van der Waals surface area contributed by atoms with E-state index in [-0.39, 0.29) is 11.4 Å². The van der Waals surface area contributed by atoms with Crippen molar-refractivity contribution in [2.75, 3.05) is 5.75 Å². The molecule has 2 nitrogen and oxygen atoms in total. The molecule has 23 heavy (non-hydrogen) atoms. The van der Waals surface area contributed by atoms with Crippen LogP contribution in [-0.4, -0.2) is 17.2 Å². The van der Waals surface area contributed by atoms with E-state index in [9.17, 15) is 4.79 Å². The van der Waals surface area contributed by atoms with Crippen LogP contribution in [0, 0.1) is 24.7 Å². The van der Waals surface area contributed by atoms with Crippen molar-refractivity contribution in [1.82, 2.24) is 5.32 Å². The van der Waals surface area contributed by atoms with Gasteiger partial charge in [-0.25, -0.2) is 0 Å². The van der Waals surface area contributed by atoms with Crippen LogP contribution < -0.4 is 5.32 Å². The molecule has 0 unspecified atom stereocenters. The van der Waals surface area contributed by atoms with Gasteiger partial charge in [-0.15, -0.1) is 11.8 Å². The second-order valence-electron chi connectivity index (χ2n) is 8.16. The van der Waals surface area contributed by atoms with Crippen molar-refractivity contribution in [3.8, 4) is 0 Å². The lowest BCUT2D eigenvalue weighted by Gasteiger charge is -2.56. The molecule has 1 N–H and O–H groups in total. The third kappa shape index (κ3) is 3.45. The predicted molar refractivity (Wildman–Crippen MR) is 95.6 cm³/mol. The second-order valence-corrected chi connectivity index (χ2v) is 9.33. The highest BCUT2D eigenvalue weighted by molar-refractivity contribution is 7.99. The Bertz CT molecular complexity index is 545. The highest BCUT2D eigenvalue weighted by Crippen LogP contribution is 2.55. The maximum absolute atomic E-state index is 12.4. The van der Waals surface area contributed by atoms with E-state index in [4.69, 9.17) is 0 Å². The van der Waals surface area contributed by atoms with Gasteiger partial charge in [-0.05, 0) is 75.3 Å². The number of hydrogen-bond acceptors (Lipinski definition) is 2. The molecule has 0 saturated heterocycles. The maximum atomic E-state index is 12.4. The summed E-state index contributed by atoms with van der Waals surface area (Å²) in [5, 5.41) is 3.47. The first-order valence-corrected chi connectivity index (χ1v) is 10.1. The Morgan fingerprint density at radius 2 is 1.65 bits per heavy atom. The Kier molecular flexibility index (Phi) is 4.17. The number of nitrogens with one attached hydrogen (secondary N) is 1. The second kappa shape index (κ2) is 6.16. The number of carbonyl (C=O) groups is 1. The summed E-state index contributed by atoms with van der Waals surface area (Å²) in [4.78, 5) is 13.7. The topological polar surface area (TPSA) is 29.1 Å². The molecule has 124 valence electrons. The molecule has 5 rings (SSSR count). The van der Waals surface area contributed by atoms with Crippen LogP contribution in [0.25, 0.3) is 0 Å². The molecule has 0 spiro atoms. The van der Waals surface area contributed by atoms with E-state index in [1.165, 1.54) is 49.0 Å². The fourth-order valence-electron chi connectivity index (χ4n) is 5.52. The summed E-state index contributed by atoms with van der Waals surface area (Å²) in [6, 6.07) is 8.57. The first kappa shape index (κ1) is 15.6. The summed E-state index contributed by atoms with van der Waals surface area (Å²) >= 11 is 1.79. The molecule has 4 bridgehead atoms. The summed E-state index contributed by atoms with van der Waals surface area (Å²) in [6.07, 6.45) is 8.66. The quantitative estimate of drug-likeness (QED) is 0.802. The van der Waals surface area contributed by atoms with Crippen molar-refractivity contribution in [2.45, 2.75) is 62.3 Å². The van der Waals surface area contributed by atoms with Crippen molar-refractivity contribution < 1.29 is 4.79 Å². The van der Waals surface area contributed by atoms with Gasteiger partial charge in [0.1, 0.15) is 0 Å². The van der Waals surface area contributed by atoms with Gasteiger partial charge >= 0.3 is 0 Å². The smallest absolute Gasteiger partial charge is 0.221 e. The van der Waals surface area contributed by atoms with Gasteiger partial charge < -0.3 is 5.32 Å². The third-order valence-electron chi connectivity index (χ3n) is 6.06. The van der Waals surface area contributed by atoms with Gasteiger partial charge in [-0.1, -0.05) is 17.7 Å². The Hall–Kier alpha value is -0.960. The van der Waals surface area contributed by atoms with Crippen LogP contribution in [0.15, 0.2) is 29.2 Å². The molecule has 3 heteroatoms. The lowest BCUT2D eigenvalue weighted by molar-refractivity contribution is -0.126. The van der Waals surface area contributed by atoms with Gasteiger partial charge in [-0.2, -0.15) is 0 Å². The molecule has 0 aromatic heterocycles. The lowest BCUT2D eigenvalue weighted by atomic mass is 9.53. The molecule has 1 aromatic carbocycles. The van der Waals surface area contributed by atoms with Crippen LogP contribution in [0.2, 0.25) is 0 Å². The minimum atomic E-state index is 0.167. The Balaban J connectivity index is 1.28. The lowest BCUT2D eigenvalue weighted by Crippen LogP contribution is -2.59. The van der Waals surface area contributed by atoms with Crippen LogP contribution in [0.5, 0.6) is 0 Å². The van der Waals surface area contributed by atoms with E-state index in [1.54, 1.807) is 11.8 Å². The van der Waals surface area contributed by atoms with E-state index in [0.29, 0.717) is 6.42 Å². The first-order chi connectivity index (χ1) is 11.1. The monoisotopic (exact) mass is 329 g/mol. The van der Waals surface area contributed by atoms with Crippen LogP contribution in [-0.2, 0) is 4.79 Å². The Morgan fingerprint density at radius 1 is 1.09 bits per heavy atom. The van der Waals surface area contributed by atoms with Gasteiger partial charge in [0.2, 0.25) is 5.91 Å². The van der Waals surface area contributed by atoms with Gasteiger partial charge in [-0.3, -0.25) is 4.79 Å². The molecule has 0 heterocycles. The van der Waals surface area contributed by atoms with Crippen molar-refractivity contribution in [1.29, 1.82) is 0 Å². The summed E-state index contributed by atoms with van der Waals surface area (Å²) in [6.45, 7) is 2.10. The van der Waals surface area contributed by atoms with E-state index in [2.05, 4.69) is 36.5 Å². The molecule has 4 aliphatic rings. The van der Waals surface area contributed by atoms with E-state index in [1.807, 2.05) is 0 Å². The van der Waals surface area contributed by atoms with Crippen molar-refractivity contribution in [2.24, 2.45) is 17.8 Å². The molecular formula is C20H27NOS. The molecule has 1 amide bonds. The molecular weight excluding hydrogens is 302 g/mol. The Morgan fingerprint density at radius 3 is 2.22 bits per heavy atom. The molecule has 4 aliphatic carbocycles. The zero-order valence-corrected chi connectivity index (χ0v) is 14.8. The summed E-state index contributed by atoms with van der Waals surface area (Å²) in [7, 11) is 0. The van der Waals surface area contributed by atoms with Crippen molar-refractivity contribution >= 4 is 17.7 Å². The summed E-state index contributed by atoms with van der Waals surface area (Å²) < 4.78 is 0. The maximum Gasteiger partial charge on any atom is 0.221 e.